The zero-order valence-electron chi connectivity index (χ0n) is 15.9. The summed E-state index contributed by atoms with van der Waals surface area (Å²) in [6.45, 7) is 4.77. The van der Waals surface area contributed by atoms with Crippen LogP contribution in [0.4, 0.5) is 0 Å². The first kappa shape index (κ1) is 20.6. The molecule has 1 fully saturated rings. The number of aromatic carboxylic acids is 1. The smallest absolute Gasteiger partial charge is 0.347 e. The summed E-state index contributed by atoms with van der Waals surface area (Å²) in [6.07, 6.45) is 2.18. The molecule has 1 aliphatic heterocycles. The van der Waals surface area contributed by atoms with Crippen LogP contribution < -0.4 is 4.74 Å². The van der Waals surface area contributed by atoms with Gasteiger partial charge in [0.15, 0.2) is 0 Å². The quantitative estimate of drug-likeness (QED) is 0.694. The summed E-state index contributed by atoms with van der Waals surface area (Å²) in [6, 6.07) is 6.70. The molecule has 0 radical (unpaired) electrons. The van der Waals surface area contributed by atoms with Crippen molar-refractivity contribution < 1.29 is 19.4 Å². The maximum Gasteiger partial charge on any atom is 0.347 e. The Morgan fingerprint density at radius 1 is 1.36 bits per heavy atom. The molecule has 0 saturated carbocycles. The van der Waals surface area contributed by atoms with Crippen molar-refractivity contribution in [3.05, 3.63) is 44.9 Å². The van der Waals surface area contributed by atoms with Crippen molar-refractivity contribution in [3.63, 3.8) is 0 Å². The summed E-state index contributed by atoms with van der Waals surface area (Å²) in [5.41, 5.74) is 0.380. The van der Waals surface area contributed by atoms with E-state index in [1.165, 1.54) is 0 Å². The zero-order chi connectivity index (χ0) is 20.3. The number of carbonyl (C=O) groups excluding carboxylic acids is 1. The third-order valence-corrected chi connectivity index (χ3v) is 5.98. The van der Waals surface area contributed by atoms with Crippen molar-refractivity contribution in [3.8, 4) is 5.75 Å². The molecule has 6 nitrogen and oxygen atoms in total. The molecule has 0 aliphatic carbocycles. The third-order valence-electron chi connectivity index (χ3n) is 4.54. The van der Waals surface area contributed by atoms with Crippen molar-refractivity contribution in [1.29, 1.82) is 0 Å². The van der Waals surface area contributed by atoms with E-state index >= 15 is 0 Å². The molecular formula is C20H23ClN2O4S. The van der Waals surface area contributed by atoms with E-state index in [0.717, 1.165) is 24.2 Å². The van der Waals surface area contributed by atoms with Gasteiger partial charge in [-0.1, -0.05) is 25.4 Å². The molecule has 1 atom stereocenters. The highest BCUT2D eigenvalue weighted by molar-refractivity contribution is 7.13. The normalized spacial score (nSPS) is 16.6. The Morgan fingerprint density at radius 2 is 2.07 bits per heavy atom. The molecule has 1 aliphatic rings. The minimum atomic E-state index is -1.03. The number of hydrogen-bond donors (Lipinski definition) is 1. The Bertz CT molecular complexity index is 850. The number of carboxylic acid groups (broad SMARTS) is 1. The third kappa shape index (κ3) is 4.83. The molecule has 1 aromatic heterocycles. The van der Waals surface area contributed by atoms with Crippen LogP contribution in [0.1, 0.15) is 59.5 Å². The van der Waals surface area contributed by atoms with Crippen molar-refractivity contribution in [2.75, 3.05) is 6.54 Å². The van der Waals surface area contributed by atoms with Gasteiger partial charge in [-0.2, -0.15) is 0 Å². The monoisotopic (exact) mass is 422 g/mol. The summed E-state index contributed by atoms with van der Waals surface area (Å²) in [4.78, 5) is 30.8. The number of benzene rings is 1. The first-order valence-electron chi connectivity index (χ1n) is 9.26. The lowest BCUT2D eigenvalue weighted by molar-refractivity contribution is -0.132. The Labute approximate surface area is 173 Å². The maximum atomic E-state index is 12.6. The fourth-order valence-corrected chi connectivity index (χ4v) is 4.43. The summed E-state index contributed by atoms with van der Waals surface area (Å²) in [7, 11) is 0. The highest BCUT2D eigenvalue weighted by Gasteiger charge is 2.33. The van der Waals surface area contributed by atoms with Crippen LogP contribution in [-0.2, 0) is 11.4 Å². The van der Waals surface area contributed by atoms with Crippen LogP contribution in [0.2, 0.25) is 5.02 Å². The lowest BCUT2D eigenvalue weighted by atomic mass is 10.1. The summed E-state index contributed by atoms with van der Waals surface area (Å²) in [5, 5.41) is 10.8. The Hall–Kier alpha value is -2.12. The van der Waals surface area contributed by atoms with E-state index in [1.54, 1.807) is 24.3 Å². The fourth-order valence-electron chi connectivity index (χ4n) is 3.25. The molecule has 1 unspecified atom stereocenters. The molecule has 1 N–H and O–H groups in total. The molecule has 0 spiro atoms. The van der Waals surface area contributed by atoms with Gasteiger partial charge in [0, 0.05) is 18.0 Å². The summed E-state index contributed by atoms with van der Waals surface area (Å²) >= 11 is 7.00. The summed E-state index contributed by atoms with van der Waals surface area (Å²) in [5.74, 6) is -0.0621. The lowest BCUT2D eigenvalue weighted by Crippen LogP contribution is -2.31. The first-order chi connectivity index (χ1) is 13.3. The van der Waals surface area contributed by atoms with Gasteiger partial charge in [-0.25, -0.2) is 9.78 Å². The molecule has 1 amide bonds. The molecule has 0 bridgehead atoms. The van der Waals surface area contributed by atoms with E-state index in [1.807, 2.05) is 18.7 Å². The SMILES string of the molecule is CC(C)CC(=O)N1CCCC1c1nc(COc2ccc(Cl)cc2)c(C(=O)O)s1. The van der Waals surface area contributed by atoms with Crippen LogP contribution in [0.5, 0.6) is 5.75 Å². The van der Waals surface area contributed by atoms with E-state index in [0.29, 0.717) is 34.4 Å². The van der Waals surface area contributed by atoms with Crippen molar-refractivity contribution in [2.45, 2.75) is 45.8 Å². The number of hydrogen-bond acceptors (Lipinski definition) is 5. The van der Waals surface area contributed by atoms with Gasteiger partial charge in [0.1, 0.15) is 27.9 Å². The standard InChI is InChI=1S/C20H23ClN2O4S/c1-12(2)10-17(24)23-9-3-4-16(23)19-22-15(18(28-19)20(25)26)11-27-14-7-5-13(21)6-8-14/h5-8,12,16H,3-4,9-11H2,1-2H3,(H,25,26). The number of ether oxygens (including phenoxy) is 1. The minimum Gasteiger partial charge on any atom is -0.487 e. The number of likely N-dealkylation sites (tertiary alicyclic amines) is 1. The number of amides is 1. The van der Waals surface area contributed by atoms with Crippen LogP contribution >= 0.6 is 22.9 Å². The number of halogens is 1. The number of rotatable bonds is 7. The van der Waals surface area contributed by atoms with E-state index in [9.17, 15) is 14.7 Å². The number of nitrogens with zero attached hydrogens (tertiary/aromatic N) is 2. The van der Waals surface area contributed by atoms with Gasteiger partial charge in [0.2, 0.25) is 5.91 Å². The van der Waals surface area contributed by atoms with E-state index < -0.39 is 5.97 Å². The van der Waals surface area contributed by atoms with Gasteiger partial charge in [0.25, 0.3) is 0 Å². The van der Waals surface area contributed by atoms with Crippen LogP contribution in [0.3, 0.4) is 0 Å². The highest BCUT2D eigenvalue weighted by Crippen LogP contribution is 2.36. The van der Waals surface area contributed by atoms with E-state index in [2.05, 4.69) is 4.98 Å². The largest absolute Gasteiger partial charge is 0.487 e. The number of carboxylic acids is 1. The van der Waals surface area contributed by atoms with Gasteiger partial charge in [0.05, 0.1) is 6.04 Å². The van der Waals surface area contributed by atoms with Crippen LogP contribution in [0, 0.1) is 5.92 Å². The second kappa shape index (κ2) is 8.92. The lowest BCUT2D eigenvalue weighted by Gasteiger charge is -2.24. The number of carbonyl (C=O) groups is 2. The van der Waals surface area contributed by atoms with Gasteiger partial charge in [-0.05, 0) is 43.0 Å². The van der Waals surface area contributed by atoms with Crippen molar-refractivity contribution in [2.24, 2.45) is 5.92 Å². The second-order valence-corrected chi connectivity index (χ2v) is 8.69. The molecule has 1 aromatic carbocycles. The Balaban J connectivity index is 1.78. The maximum absolute atomic E-state index is 12.6. The van der Waals surface area contributed by atoms with E-state index in [-0.39, 0.29) is 29.4 Å². The zero-order valence-corrected chi connectivity index (χ0v) is 17.4. The first-order valence-corrected chi connectivity index (χ1v) is 10.4. The van der Waals surface area contributed by atoms with E-state index in [4.69, 9.17) is 16.3 Å². The molecular weight excluding hydrogens is 400 g/mol. The predicted molar refractivity (Wildman–Crippen MR) is 108 cm³/mol. The molecule has 150 valence electrons. The van der Waals surface area contributed by atoms with Gasteiger partial charge < -0.3 is 14.7 Å². The minimum absolute atomic E-state index is 0.0480. The Morgan fingerprint density at radius 3 is 2.71 bits per heavy atom. The molecule has 28 heavy (non-hydrogen) atoms. The summed E-state index contributed by atoms with van der Waals surface area (Å²) < 4.78 is 5.68. The molecule has 8 heteroatoms. The second-order valence-electron chi connectivity index (χ2n) is 7.22. The molecule has 3 rings (SSSR count). The Kier molecular flexibility index (Phi) is 6.57. The topological polar surface area (TPSA) is 79.7 Å². The van der Waals surface area contributed by atoms with Crippen LogP contribution in [-0.4, -0.2) is 33.4 Å². The average Bonchev–Trinajstić information content (AvgIpc) is 3.27. The fraction of sp³-hybridized carbons (Fsp3) is 0.450. The highest BCUT2D eigenvalue weighted by atomic mass is 35.5. The predicted octanol–water partition coefficient (Wildman–Crippen LogP) is 4.78. The molecule has 2 aromatic rings. The van der Waals surface area contributed by atoms with Crippen molar-refractivity contribution in [1.82, 2.24) is 9.88 Å². The van der Waals surface area contributed by atoms with Crippen molar-refractivity contribution >= 4 is 34.8 Å². The van der Waals surface area contributed by atoms with Gasteiger partial charge in [-0.15, -0.1) is 11.3 Å². The van der Waals surface area contributed by atoms with Gasteiger partial charge in [-0.3, -0.25) is 4.79 Å². The molecule has 2 heterocycles. The van der Waals surface area contributed by atoms with Crippen LogP contribution in [0.25, 0.3) is 0 Å². The molecule has 1 saturated heterocycles. The number of thiazole rings is 1. The average molecular weight is 423 g/mol. The number of aromatic nitrogens is 1. The van der Waals surface area contributed by atoms with Crippen LogP contribution in [0.15, 0.2) is 24.3 Å². The van der Waals surface area contributed by atoms with Gasteiger partial charge >= 0.3 is 5.97 Å².